The van der Waals surface area contributed by atoms with Gasteiger partial charge in [0.1, 0.15) is 0 Å². The van der Waals surface area contributed by atoms with Crippen molar-refractivity contribution in [3.63, 3.8) is 0 Å². The number of nitrogens with zero attached hydrogens (tertiary/aromatic N) is 5. The van der Waals surface area contributed by atoms with Gasteiger partial charge in [0.15, 0.2) is 0 Å². The van der Waals surface area contributed by atoms with Crippen molar-refractivity contribution in [2.24, 2.45) is 0 Å². The van der Waals surface area contributed by atoms with Crippen LogP contribution < -0.4 is 19.6 Å². The molecule has 0 aliphatic carbocycles. The average molecular weight is 912 g/mol. The summed E-state index contributed by atoms with van der Waals surface area (Å²) in [5.74, 6) is 0. The lowest BCUT2D eigenvalue weighted by Gasteiger charge is -2.31. The molecule has 0 saturated heterocycles. The van der Waals surface area contributed by atoms with E-state index in [0.717, 1.165) is 95.7 Å². The van der Waals surface area contributed by atoms with Gasteiger partial charge in [-0.3, -0.25) is 0 Å². The molecule has 71 heavy (non-hydrogen) atoms. The highest BCUT2D eigenvalue weighted by Crippen LogP contribution is 2.51. The number of hydrogen-bond donors (Lipinski definition) is 0. The van der Waals surface area contributed by atoms with E-state index >= 15 is 0 Å². The molecule has 0 bridgehead atoms. The van der Waals surface area contributed by atoms with E-state index in [9.17, 15) is 0 Å². The molecule has 1 heterocycles. The number of benzene rings is 11. The van der Waals surface area contributed by atoms with E-state index in [0.29, 0.717) is 0 Å². The van der Waals surface area contributed by atoms with Crippen LogP contribution in [0.1, 0.15) is 0 Å². The summed E-state index contributed by atoms with van der Waals surface area (Å²) < 4.78 is 2.51. The minimum atomic E-state index is 1.00. The first-order valence-corrected chi connectivity index (χ1v) is 24.1. The molecular weight excluding hydrogens is 863 g/mol. The maximum atomic E-state index is 2.51. The highest BCUT2D eigenvalue weighted by Gasteiger charge is 2.28. The molecule has 0 atom stereocenters. The smallest absolute Gasteiger partial charge is 0.0803 e. The van der Waals surface area contributed by atoms with E-state index in [-0.39, 0.29) is 0 Å². The fraction of sp³-hybridized carbons (Fsp3) is 0. The molecule has 0 fully saturated rings. The zero-order chi connectivity index (χ0) is 47.3. The van der Waals surface area contributed by atoms with Crippen LogP contribution >= 0.6 is 0 Å². The van der Waals surface area contributed by atoms with E-state index in [2.05, 4.69) is 321 Å². The Hall–Kier alpha value is -9.58. The van der Waals surface area contributed by atoms with Crippen LogP contribution in [0.25, 0.3) is 27.5 Å². The van der Waals surface area contributed by atoms with E-state index < -0.39 is 0 Å². The molecule has 5 nitrogen and oxygen atoms in total. The van der Waals surface area contributed by atoms with Gasteiger partial charge in [-0.15, -0.1) is 0 Å². The second-order valence-electron chi connectivity index (χ2n) is 17.4. The van der Waals surface area contributed by atoms with Gasteiger partial charge < -0.3 is 24.2 Å². The largest absolute Gasteiger partial charge is 0.310 e. The third-order valence-corrected chi connectivity index (χ3v) is 13.0. The van der Waals surface area contributed by atoms with Gasteiger partial charge in [0.25, 0.3) is 0 Å². The van der Waals surface area contributed by atoms with Crippen molar-refractivity contribution in [1.82, 2.24) is 4.57 Å². The van der Waals surface area contributed by atoms with Crippen LogP contribution in [0, 0.1) is 0 Å². The summed E-state index contributed by atoms with van der Waals surface area (Å²) in [7, 11) is 0. The molecule has 0 aliphatic rings. The predicted molar refractivity (Wildman–Crippen MR) is 300 cm³/mol. The Morgan fingerprint density at radius 3 is 0.859 bits per heavy atom. The van der Waals surface area contributed by atoms with Crippen LogP contribution in [0.5, 0.6) is 0 Å². The summed E-state index contributed by atoms with van der Waals surface area (Å²) >= 11 is 0. The minimum Gasteiger partial charge on any atom is -0.310 e. The maximum Gasteiger partial charge on any atom is 0.0803 e. The summed E-state index contributed by atoms with van der Waals surface area (Å²) in [5.41, 5.74) is 15.7. The first-order chi connectivity index (χ1) is 35.3. The van der Waals surface area contributed by atoms with Crippen LogP contribution in [0.4, 0.5) is 68.2 Å². The zero-order valence-corrected chi connectivity index (χ0v) is 39.0. The third kappa shape index (κ3) is 8.22. The Bertz CT molecular complexity index is 3420. The summed E-state index contributed by atoms with van der Waals surface area (Å²) in [6.45, 7) is 0. The number of para-hydroxylation sites is 9. The van der Waals surface area contributed by atoms with Gasteiger partial charge in [0, 0.05) is 56.3 Å². The fourth-order valence-corrected chi connectivity index (χ4v) is 10.0. The Kier molecular flexibility index (Phi) is 11.6. The molecule has 0 N–H and O–H groups in total. The molecule has 11 aromatic carbocycles. The summed E-state index contributed by atoms with van der Waals surface area (Å²) in [6.07, 6.45) is 0. The van der Waals surface area contributed by atoms with Gasteiger partial charge in [0.05, 0.1) is 39.5 Å². The summed E-state index contributed by atoms with van der Waals surface area (Å²) in [5, 5.41) is 2.26. The maximum absolute atomic E-state index is 2.51. The first-order valence-electron chi connectivity index (χ1n) is 24.1. The molecular formula is C66H49N5. The van der Waals surface area contributed by atoms with E-state index in [1.165, 1.54) is 0 Å². The Labute approximate surface area is 415 Å². The van der Waals surface area contributed by atoms with Crippen LogP contribution in [-0.4, -0.2) is 4.57 Å². The number of hydrogen-bond acceptors (Lipinski definition) is 4. The molecule has 0 radical (unpaired) electrons. The van der Waals surface area contributed by atoms with Crippen molar-refractivity contribution >= 4 is 90.1 Å². The monoisotopic (exact) mass is 911 g/mol. The molecule has 0 aliphatic heterocycles. The average Bonchev–Trinajstić information content (AvgIpc) is 3.80. The van der Waals surface area contributed by atoms with Crippen LogP contribution in [0.2, 0.25) is 0 Å². The number of fused-ring (bicyclic) bond motifs is 3. The Balaban J connectivity index is 1.24. The molecule has 0 spiro atoms. The van der Waals surface area contributed by atoms with Gasteiger partial charge >= 0.3 is 0 Å². The second-order valence-corrected chi connectivity index (χ2v) is 17.4. The normalized spacial score (nSPS) is 11.1. The lowest BCUT2D eigenvalue weighted by Crippen LogP contribution is -2.15. The lowest BCUT2D eigenvalue weighted by molar-refractivity contribution is 1.15. The molecule has 12 rings (SSSR count). The van der Waals surface area contributed by atoms with Crippen molar-refractivity contribution in [1.29, 1.82) is 0 Å². The summed E-state index contributed by atoms with van der Waals surface area (Å²) in [6, 6.07) is 106. The minimum absolute atomic E-state index is 1.00. The van der Waals surface area contributed by atoms with Crippen molar-refractivity contribution < 1.29 is 0 Å². The molecule has 12 aromatic rings. The Morgan fingerprint density at radius 2 is 0.507 bits per heavy atom. The third-order valence-electron chi connectivity index (χ3n) is 13.0. The SMILES string of the molecule is c1ccc(N(c2ccccc2)c2cc(N(c3ccccc3)c3ccccc3)cc(-n3c4ccccc4c4c(N(c5ccccc5)c5ccccc5)ccc(N(c5ccccc5)c5ccccc5)c43)c2)cc1. The topological polar surface area (TPSA) is 17.9 Å². The molecule has 0 amide bonds. The predicted octanol–water partition coefficient (Wildman–Crippen LogP) is 18.7. The van der Waals surface area contributed by atoms with Gasteiger partial charge in [-0.25, -0.2) is 0 Å². The highest BCUT2D eigenvalue weighted by atomic mass is 15.2. The Morgan fingerprint density at radius 1 is 0.225 bits per heavy atom. The zero-order valence-electron chi connectivity index (χ0n) is 39.0. The quantitative estimate of drug-likeness (QED) is 0.115. The second kappa shape index (κ2) is 19.2. The standard InChI is InChI=1S/C66H49N5/c1-9-27-50(28-10-1)67(51-29-11-2-12-30-51)58-47-59(68(52-31-13-3-14-32-52)53-33-15-4-16-34-53)49-60(48-58)71-62-44-26-25-43-61(62)65-63(69(54-35-17-5-18-36-54)55-37-19-6-20-38-55)45-46-64(66(65)71)70(56-39-21-7-22-40-56)57-41-23-8-24-42-57/h1-49H. The number of aromatic nitrogens is 1. The molecule has 338 valence electrons. The number of rotatable bonds is 13. The van der Waals surface area contributed by atoms with Crippen LogP contribution in [0.3, 0.4) is 0 Å². The van der Waals surface area contributed by atoms with Gasteiger partial charge in [-0.1, -0.05) is 164 Å². The fourth-order valence-electron chi connectivity index (χ4n) is 10.0. The van der Waals surface area contributed by atoms with Crippen molar-refractivity contribution in [2.75, 3.05) is 19.6 Å². The van der Waals surface area contributed by atoms with E-state index in [1.807, 2.05) is 0 Å². The molecule has 5 heteroatoms. The molecule has 1 aromatic heterocycles. The van der Waals surface area contributed by atoms with E-state index in [4.69, 9.17) is 0 Å². The molecule has 0 unspecified atom stereocenters. The highest BCUT2D eigenvalue weighted by molar-refractivity contribution is 6.21. The van der Waals surface area contributed by atoms with Crippen LogP contribution in [-0.2, 0) is 0 Å². The van der Waals surface area contributed by atoms with Gasteiger partial charge in [0.2, 0.25) is 0 Å². The van der Waals surface area contributed by atoms with Gasteiger partial charge in [-0.05, 0) is 133 Å². The first kappa shape index (κ1) is 42.8. The number of anilines is 12. The van der Waals surface area contributed by atoms with Crippen molar-refractivity contribution in [3.8, 4) is 5.69 Å². The lowest BCUT2D eigenvalue weighted by atomic mass is 10.1. The van der Waals surface area contributed by atoms with Crippen molar-refractivity contribution in [3.05, 3.63) is 297 Å². The summed E-state index contributed by atoms with van der Waals surface area (Å²) in [4.78, 5) is 9.55. The molecule has 0 saturated carbocycles. The van der Waals surface area contributed by atoms with Crippen molar-refractivity contribution in [2.45, 2.75) is 0 Å². The van der Waals surface area contributed by atoms with Gasteiger partial charge in [-0.2, -0.15) is 0 Å². The van der Waals surface area contributed by atoms with E-state index in [1.54, 1.807) is 0 Å². The van der Waals surface area contributed by atoms with Crippen LogP contribution in [0.15, 0.2) is 297 Å².